The van der Waals surface area contributed by atoms with Crippen LogP contribution in [0.1, 0.15) is 0 Å². The molecule has 1 rings (SSSR count). The van der Waals surface area contributed by atoms with Crippen molar-refractivity contribution >= 4 is 37.6 Å². The molecule has 0 aliphatic carbocycles. The number of sulfonamides is 1. The third-order valence-electron chi connectivity index (χ3n) is 1.42. The van der Waals surface area contributed by atoms with Crippen LogP contribution >= 0.6 is 27.5 Å². The molecule has 0 bridgehead atoms. The van der Waals surface area contributed by atoms with Crippen molar-refractivity contribution in [1.82, 2.24) is 4.83 Å². The van der Waals surface area contributed by atoms with E-state index in [4.69, 9.17) is 17.4 Å². The highest BCUT2D eigenvalue weighted by Gasteiger charge is 2.19. The Hall–Kier alpha value is -0.210. The van der Waals surface area contributed by atoms with Crippen molar-refractivity contribution in [3.8, 4) is 0 Å². The van der Waals surface area contributed by atoms with Crippen LogP contribution in [0, 0.1) is 5.82 Å². The molecule has 0 aliphatic heterocycles. The van der Waals surface area contributed by atoms with Crippen LogP contribution in [0.3, 0.4) is 0 Å². The van der Waals surface area contributed by atoms with Crippen molar-refractivity contribution < 1.29 is 12.8 Å². The van der Waals surface area contributed by atoms with E-state index in [1.54, 1.807) is 0 Å². The maximum Gasteiger partial charge on any atom is 0.256 e. The zero-order valence-corrected chi connectivity index (χ0v) is 9.75. The lowest BCUT2D eigenvalue weighted by Gasteiger charge is -2.05. The molecule has 3 N–H and O–H groups in total. The standard InChI is InChI=1S/C6H5BrClFN2O2S/c7-3-1-6(14(12,13)11-10)5(9)2-4(3)8/h1-2,11H,10H2. The van der Waals surface area contributed by atoms with Gasteiger partial charge in [-0.1, -0.05) is 11.6 Å². The molecule has 1 aromatic carbocycles. The number of nitrogens with two attached hydrogens (primary N) is 1. The SMILES string of the molecule is NNS(=O)(=O)c1cc(Br)c(Cl)cc1F. The molecule has 0 aliphatic rings. The Labute approximate surface area is 93.4 Å². The van der Waals surface area contributed by atoms with Crippen molar-refractivity contribution in [2.45, 2.75) is 4.90 Å². The molecule has 14 heavy (non-hydrogen) atoms. The number of halogens is 3. The molecule has 4 nitrogen and oxygen atoms in total. The Morgan fingerprint density at radius 3 is 2.57 bits per heavy atom. The Morgan fingerprint density at radius 2 is 2.07 bits per heavy atom. The third kappa shape index (κ3) is 2.23. The van der Waals surface area contributed by atoms with Gasteiger partial charge < -0.3 is 0 Å². The molecule has 0 radical (unpaired) electrons. The second-order valence-electron chi connectivity index (χ2n) is 2.32. The summed E-state index contributed by atoms with van der Waals surface area (Å²) in [5.41, 5.74) is 0. The molecular formula is C6H5BrClFN2O2S. The van der Waals surface area contributed by atoms with Gasteiger partial charge in [-0.15, -0.1) is 4.83 Å². The normalized spacial score (nSPS) is 11.7. The van der Waals surface area contributed by atoms with E-state index in [2.05, 4.69) is 15.9 Å². The molecule has 0 aromatic heterocycles. The average molecular weight is 304 g/mol. The Kier molecular flexibility index (Phi) is 3.49. The first kappa shape index (κ1) is 11.9. The van der Waals surface area contributed by atoms with Gasteiger partial charge >= 0.3 is 0 Å². The molecule has 0 fully saturated rings. The van der Waals surface area contributed by atoms with E-state index in [0.29, 0.717) is 0 Å². The van der Waals surface area contributed by atoms with Crippen molar-refractivity contribution in [1.29, 1.82) is 0 Å². The van der Waals surface area contributed by atoms with Gasteiger partial charge in [-0.2, -0.15) is 0 Å². The summed E-state index contributed by atoms with van der Waals surface area (Å²) in [6.07, 6.45) is 0. The monoisotopic (exact) mass is 302 g/mol. The first-order valence-electron chi connectivity index (χ1n) is 3.25. The zero-order valence-electron chi connectivity index (χ0n) is 6.59. The highest BCUT2D eigenvalue weighted by molar-refractivity contribution is 9.10. The molecule has 0 heterocycles. The second kappa shape index (κ2) is 4.11. The van der Waals surface area contributed by atoms with Crippen LogP contribution in [-0.4, -0.2) is 8.42 Å². The van der Waals surface area contributed by atoms with Gasteiger partial charge in [0, 0.05) is 4.47 Å². The predicted molar refractivity (Wildman–Crippen MR) is 53.6 cm³/mol. The summed E-state index contributed by atoms with van der Waals surface area (Å²) in [4.78, 5) is 0.954. The number of hydrogen-bond acceptors (Lipinski definition) is 3. The van der Waals surface area contributed by atoms with Crippen LogP contribution < -0.4 is 10.7 Å². The van der Waals surface area contributed by atoms with Crippen LogP contribution in [0.4, 0.5) is 4.39 Å². The molecule has 0 saturated heterocycles. The van der Waals surface area contributed by atoms with Gasteiger partial charge in [-0.05, 0) is 28.1 Å². The predicted octanol–water partition coefficient (Wildman–Crippen LogP) is 1.39. The topological polar surface area (TPSA) is 72.2 Å². The van der Waals surface area contributed by atoms with E-state index < -0.39 is 20.7 Å². The fourth-order valence-corrected chi connectivity index (χ4v) is 2.13. The average Bonchev–Trinajstić information content (AvgIpc) is 2.11. The highest BCUT2D eigenvalue weighted by Crippen LogP contribution is 2.27. The van der Waals surface area contributed by atoms with Crippen LogP contribution in [0.2, 0.25) is 5.02 Å². The summed E-state index contributed by atoms with van der Waals surface area (Å²) in [6, 6.07) is 1.92. The zero-order chi connectivity index (χ0) is 10.9. The van der Waals surface area contributed by atoms with Crippen molar-refractivity contribution in [2.24, 2.45) is 5.84 Å². The van der Waals surface area contributed by atoms with Gasteiger partial charge in [-0.3, -0.25) is 5.84 Å². The van der Waals surface area contributed by atoms with Crippen LogP contribution in [0.15, 0.2) is 21.5 Å². The van der Waals surface area contributed by atoms with Gasteiger partial charge in [0.05, 0.1) is 5.02 Å². The highest BCUT2D eigenvalue weighted by atomic mass is 79.9. The number of rotatable bonds is 2. The summed E-state index contributed by atoms with van der Waals surface area (Å²) < 4.78 is 35.7. The van der Waals surface area contributed by atoms with E-state index in [9.17, 15) is 12.8 Å². The lowest BCUT2D eigenvalue weighted by Crippen LogP contribution is -2.30. The van der Waals surface area contributed by atoms with Crippen LogP contribution in [0.25, 0.3) is 0 Å². The maximum atomic E-state index is 13.1. The van der Waals surface area contributed by atoms with E-state index in [-0.39, 0.29) is 9.50 Å². The summed E-state index contributed by atoms with van der Waals surface area (Å²) in [6.45, 7) is 0. The first-order chi connectivity index (χ1) is 6.38. The number of nitrogens with one attached hydrogen (secondary N) is 1. The molecule has 8 heteroatoms. The van der Waals surface area contributed by atoms with Crippen LogP contribution in [0.5, 0.6) is 0 Å². The number of benzene rings is 1. The van der Waals surface area contributed by atoms with Gasteiger partial charge in [0.25, 0.3) is 10.0 Å². The summed E-state index contributed by atoms with van der Waals surface area (Å²) in [5.74, 6) is 3.78. The molecule has 0 atom stereocenters. The third-order valence-corrected chi connectivity index (χ3v) is 3.82. The summed E-state index contributed by atoms with van der Waals surface area (Å²) in [7, 11) is -4.00. The lowest BCUT2D eigenvalue weighted by molar-refractivity contribution is 0.558. The van der Waals surface area contributed by atoms with E-state index in [1.165, 1.54) is 4.83 Å². The number of hydrazine groups is 1. The fourth-order valence-electron chi connectivity index (χ4n) is 0.774. The van der Waals surface area contributed by atoms with Crippen LogP contribution in [-0.2, 0) is 10.0 Å². The minimum atomic E-state index is -4.00. The molecule has 1 aromatic rings. The minimum Gasteiger partial charge on any atom is -0.257 e. The quantitative estimate of drug-likeness (QED) is 0.493. The summed E-state index contributed by atoms with van der Waals surface area (Å²) in [5, 5.41) is 0.0819. The van der Waals surface area contributed by atoms with Crippen molar-refractivity contribution in [3.63, 3.8) is 0 Å². The van der Waals surface area contributed by atoms with Gasteiger partial charge in [0.15, 0.2) is 0 Å². The Morgan fingerprint density at radius 1 is 1.50 bits per heavy atom. The first-order valence-corrected chi connectivity index (χ1v) is 5.91. The summed E-state index contributed by atoms with van der Waals surface area (Å²) >= 11 is 8.52. The van der Waals surface area contributed by atoms with Gasteiger partial charge in [0.1, 0.15) is 10.7 Å². The van der Waals surface area contributed by atoms with Crippen molar-refractivity contribution in [2.75, 3.05) is 0 Å². The molecular weight excluding hydrogens is 298 g/mol. The fraction of sp³-hybridized carbons (Fsp3) is 0. The largest absolute Gasteiger partial charge is 0.257 e. The van der Waals surface area contributed by atoms with Crippen molar-refractivity contribution in [3.05, 3.63) is 27.4 Å². The van der Waals surface area contributed by atoms with E-state index >= 15 is 0 Å². The Balaban J connectivity index is 3.45. The number of hydrogen-bond donors (Lipinski definition) is 2. The van der Waals surface area contributed by atoms with E-state index in [0.717, 1.165) is 12.1 Å². The van der Waals surface area contributed by atoms with Gasteiger partial charge in [0.2, 0.25) is 0 Å². The minimum absolute atomic E-state index is 0.0819. The maximum absolute atomic E-state index is 13.1. The molecule has 0 unspecified atom stereocenters. The molecule has 0 spiro atoms. The van der Waals surface area contributed by atoms with E-state index in [1.807, 2.05) is 0 Å². The second-order valence-corrected chi connectivity index (χ2v) is 5.26. The Bertz CT molecular complexity index is 465. The molecule has 78 valence electrons. The lowest BCUT2D eigenvalue weighted by atomic mass is 10.3. The smallest absolute Gasteiger partial charge is 0.256 e. The molecule has 0 saturated carbocycles. The van der Waals surface area contributed by atoms with Gasteiger partial charge in [-0.25, -0.2) is 12.8 Å². The molecule has 0 amide bonds.